The molecule has 23 heavy (non-hydrogen) atoms. The van der Waals surface area contributed by atoms with E-state index in [-0.39, 0.29) is 6.04 Å². The number of halogens is 1. The fourth-order valence-electron chi connectivity index (χ4n) is 2.09. The topological polar surface area (TPSA) is 95.1 Å². The second-order valence-corrected chi connectivity index (χ2v) is 7.24. The minimum atomic E-state index is -0.549. The minimum Gasteiger partial charge on any atom is -0.444 e. The van der Waals surface area contributed by atoms with Crippen LogP contribution in [0.1, 0.15) is 20.8 Å². The number of amides is 1. The molecule has 0 aliphatic heterocycles. The number of nitrogens with one attached hydrogen (secondary N) is 1. The molecular formula is C15H20IN5O2. The van der Waals surface area contributed by atoms with Gasteiger partial charge in [-0.1, -0.05) is 6.08 Å². The van der Waals surface area contributed by atoms with E-state index >= 15 is 0 Å². The summed E-state index contributed by atoms with van der Waals surface area (Å²) in [5, 5.41) is 3.60. The second-order valence-electron chi connectivity index (χ2n) is 6.08. The average Bonchev–Trinajstić information content (AvgIpc) is 2.73. The summed E-state index contributed by atoms with van der Waals surface area (Å²) in [5.41, 5.74) is 6.08. The van der Waals surface area contributed by atoms with E-state index in [4.69, 9.17) is 10.5 Å². The fourth-order valence-corrected chi connectivity index (χ4v) is 2.94. The van der Waals surface area contributed by atoms with Gasteiger partial charge in [-0.25, -0.2) is 14.8 Å². The number of hydrogen-bond donors (Lipinski definition) is 2. The van der Waals surface area contributed by atoms with E-state index in [0.717, 1.165) is 14.6 Å². The molecule has 0 spiro atoms. The van der Waals surface area contributed by atoms with Crippen LogP contribution in [0.2, 0.25) is 0 Å². The molecule has 1 amide bonds. The Labute approximate surface area is 148 Å². The molecule has 0 aliphatic rings. The van der Waals surface area contributed by atoms with Gasteiger partial charge in [0.2, 0.25) is 0 Å². The molecule has 0 saturated heterocycles. The first-order chi connectivity index (χ1) is 10.7. The number of nitrogens with zero attached hydrogens (tertiary/aromatic N) is 3. The molecule has 0 fully saturated rings. The van der Waals surface area contributed by atoms with Gasteiger partial charge in [0.1, 0.15) is 23.4 Å². The van der Waals surface area contributed by atoms with Crippen LogP contribution in [0.5, 0.6) is 0 Å². The quantitative estimate of drug-likeness (QED) is 0.576. The monoisotopic (exact) mass is 429 g/mol. The molecule has 7 nitrogen and oxygen atoms in total. The third-order valence-corrected chi connectivity index (χ3v) is 3.83. The van der Waals surface area contributed by atoms with Crippen LogP contribution in [0.15, 0.2) is 25.2 Å². The lowest BCUT2D eigenvalue weighted by atomic mass is 10.2. The number of aromatic nitrogens is 3. The zero-order valence-electron chi connectivity index (χ0n) is 13.3. The summed E-state index contributed by atoms with van der Waals surface area (Å²) < 4.78 is 8.14. The predicted molar refractivity (Wildman–Crippen MR) is 98.0 cm³/mol. The summed E-state index contributed by atoms with van der Waals surface area (Å²) in [7, 11) is 0. The summed E-state index contributed by atoms with van der Waals surface area (Å²) in [5.74, 6) is 0.438. The van der Waals surface area contributed by atoms with E-state index < -0.39 is 11.7 Å². The third kappa shape index (κ3) is 4.34. The normalized spacial score (nSPS) is 12.9. The van der Waals surface area contributed by atoms with Crippen molar-refractivity contribution in [1.82, 2.24) is 19.9 Å². The van der Waals surface area contributed by atoms with Gasteiger partial charge in [-0.3, -0.25) is 0 Å². The van der Waals surface area contributed by atoms with Crippen LogP contribution >= 0.6 is 22.6 Å². The number of rotatable bonds is 4. The molecule has 0 bridgehead atoms. The summed E-state index contributed by atoms with van der Waals surface area (Å²) >= 11 is 2.19. The van der Waals surface area contributed by atoms with Crippen molar-refractivity contribution >= 4 is 45.5 Å². The van der Waals surface area contributed by atoms with E-state index in [2.05, 4.69) is 44.5 Å². The van der Waals surface area contributed by atoms with Gasteiger partial charge in [-0.15, -0.1) is 6.58 Å². The molecular weight excluding hydrogens is 409 g/mol. The first-order valence-corrected chi connectivity index (χ1v) is 8.16. The highest BCUT2D eigenvalue weighted by Crippen LogP contribution is 2.25. The Morgan fingerprint density at radius 2 is 2.26 bits per heavy atom. The number of carbonyl (C=O) groups is 1. The van der Waals surface area contributed by atoms with Crippen LogP contribution in [0.25, 0.3) is 11.0 Å². The molecule has 0 aliphatic carbocycles. The molecule has 0 aromatic carbocycles. The summed E-state index contributed by atoms with van der Waals surface area (Å²) in [6.07, 6.45) is 4.52. The predicted octanol–water partition coefficient (Wildman–Crippen LogP) is 2.70. The zero-order valence-corrected chi connectivity index (χ0v) is 15.5. The number of alkyl carbamates (subject to hydrolysis) is 1. The lowest BCUT2D eigenvalue weighted by molar-refractivity contribution is 0.0511. The molecule has 124 valence electrons. The summed E-state index contributed by atoms with van der Waals surface area (Å²) in [6, 6.07) is -0.299. The molecule has 0 saturated carbocycles. The Balaban J connectivity index is 2.18. The first-order valence-electron chi connectivity index (χ1n) is 7.08. The molecule has 2 aromatic rings. The molecule has 0 unspecified atom stereocenters. The smallest absolute Gasteiger partial charge is 0.408 e. The maximum Gasteiger partial charge on any atom is 0.408 e. The number of hydrogen-bond acceptors (Lipinski definition) is 5. The maximum atomic E-state index is 11.9. The van der Waals surface area contributed by atoms with Gasteiger partial charge >= 0.3 is 6.09 Å². The highest BCUT2D eigenvalue weighted by molar-refractivity contribution is 14.1. The van der Waals surface area contributed by atoms with Crippen molar-refractivity contribution in [3.8, 4) is 0 Å². The molecule has 2 rings (SSSR count). The number of ether oxygens (including phenoxy) is 1. The van der Waals surface area contributed by atoms with Crippen molar-refractivity contribution in [2.24, 2.45) is 0 Å². The van der Waals surface area contributed by atoms with Crippen molar-refractivity contribution in [3.05, 3.63) is 28.7 Å². The first kappa shape index (κ1) is 17.5. The van der Waals surface area contributed by atoms with Crippen molar-refractivity contribution in [2.45, 2.75) is 39.0 Å². The van der Waals surface area contributed by atoms with Crippen molar-refractivity contribution in [2.75, 3.05) is 5.73 Å². The highest BCUT2D eigenvalue weighted by atomic mass is 127. The number of nitrogens with two attached hydrogens (primary N) is 1. The second kappa shape index (κ2) is 6.73. The average molecular weight is 429 g/mol. The van der Waals surface area contributed by atoms with Crippen LogP contribution in [0.4, 0.5) is 10.6 Å². The Morgan fingerprint density at radius 1 is 1.57 bits per heavy atom. The largest absolute Gasteiger partial charge is 0.444 e. The highest BCUT2D eigenvalue weighted by Gasteiger charge is 2.19. The Morgan fingerprint density at radius 3 is 2.87 bits per heavy atom. The van der Waals surface area contributed by atoms with Gasteiger partial charge in [0.05, 0.1) is 11.4 Å². The van der Waals surface area contributed by atoms with Crippen molar-refractivity contribution in [1.29, 1.82) is 0 Å². The number of nitrogen functional groups attached to an aromatic ring is 1. The van der Waals surface area contributed by atoms with E-state index in [1.807, 2.05) is 31.5 Å². The lowest BCUT2D eigenvalue weighted by Crippen LogP contribution is -2.40. The van der Waals surface area contributed by atoms with Crippen LogP contribution in [0, 0.1) is 3.57 Å². The Hall–Kier alpha value is -1.84. The molecule has 8 heteroatoms. The van der Waals surface area contributed by atoms with E-state index in [1.165, 1.54) is 6.33 Å². The molecule has 2 aromatic heterocycles. The standard InChI is InChI=1S/C15H20IN5O2/c1-5-9(20-14(22)23-15(2,3)4)6-21-7-10(16)11-12(17)18-8-19-13(11)21/h5,7-9H,1,6H2,2-4H3,(H,20,22)(H2,17,18,19)/t9-/m1/s1. The number of anilines is 1. The van der Waals surface area contributed by atoms with Gasteiger partial charge in [0, 0.05) is 16.3 Å². The molecule has 2 heterocycles. The van der Waals surface area contributed by atoms with Crippen LogP contribution in [-0.4, -0.2) is 32.3 Å². The maximum absolute atomic E-state index is 11.9. The Bertz CT molecular complexity index is 735. The van der Waals surface area contributed by atoms with Crippen molar-refractivity contribution in [3.63, 3.8) is 0 Å². The van der Waals surface area contributed by atoms with Crippen LogP contribution < -0.4 is 11.1 Å². The molecule has 1 atom stereocenters. The SMILES string of the molecule is C=C[C@H](Cn1cc(I)c2c(N)ncnc21)NC(=O)OC(C)(C)C. The van der Waals surface area contributed by atoms with E-state index in [9.17, 15) is 4.79 Å². The van der Waals surface area contributed by atoms with E-state index in [1.54, 1.807) is 6.08 Å². The van der Waals surface area contributed by atoms with Gasteiger partial charge in [-0.05, 0) is 43.4 Å². The summed E-state index contributed by atoms with van der Waals surface area (Å²) in [4.78, 5) is 20.2. The van der Waals surface area contributed by atoms with Gasteiger partial charge in [0.15, 0.2) is 0 Å². The molecule has 0 radical (unpaired) electrons. The van der Waals surface area contributed by atoms with Gasteiger partial charge in [0.25, 0.3) is 0 Å². The molecule has 3 N–H and O–H groups in total. The minimum absolute atomic E-state index is 0.299. The van der Waals surface area contributed by atoms with Crippen LogP contribution in [-0.2, 0) is 11.3 Å². The Kier molecular flexibility index (Phi) is 5.12. The fraction of sp³-hybridized carbons (Fsp3) is 0.400. The third-order valence-electron chi connectivity index (χ3n) is 3.02. The zero-order chi connectivity index (χ0) is 17.2. The van der Waals surface area contributed by atoms with Gasteiger partial charge < -0.3 is 20.4 Å². The van der Waals surface area contributed by atoms with Crippen molar-refractivity contribution < 1.29 is 9.53 Å². The lowest BCUT2D eigenvalue weighted by Gasteiger charge is -2.22. The van der Waals surface area contributed by atoms with E-state index in [0.29, 0.717) is 12.4 Å². The number of carbonyl (C=O) groups excluding carboxylic acids is 1. The summed E-state index contributed by atoms with van der Waals surface area (Å²) in [6.45, 7) is 9.69. The van der Waals surface area contributed by atoms with Gasteiger partial charge in [-0.2, -0.15) is 0 Å². The number of fused-ring (bicyclic) bond motifs is 1. The van der Waals surface area contributed by atoms with Crippen LogP contribution in [0.3, 0.4) is 0 Å².